The Morgan fingerprint density at radius 2 is 2.24 bits per heavy atom. The van der Waals surface area contributed by atoms with Crippen molar-refractivity contribution in [3.8, 4) is 5.88 Å². The number of nitrogens with one attached hydrogen (secondary N) is 1. The first kappa shape index (κ1) is 13.7. The van der Waals surface area contributed by atoms with Gasteiger partial charge in [-0.2, -0.15) is 10.1 Å². The Bertz CT molecular complexity index is 633. The van der Waals surface area contributed by atoms with Gasteiger partial charge >= 0.3 is 0 Å². The van der Waals surface area contributed by atoms with Crippen molar-refractivity contribution in [2.45, 2.75) is 26.3 Å². The molecule has 0 radical (unpaired) electrons. The molecule has 0 spiro atoms. The summed E-state index contributed by atoms with van der Waals surface area (Å²) < 4.78 is 7.55. The summed E-state index contributed by atoms with van der Waals surface area (Å²) in [5.74, 6) is 1.97. The van der Waals surface area contributed by atoms with Crippen LogP contribution in [0.2, 0.25) is 0 Å². The van der Waals surface area contributed by atoms with E-state index in [4.69, 9.17) is 10.5 Å². The van der Waals surface area contributed by atoms with Crippen LogP contribution in [0.5, 0.6) is 5.88 Å². The third kappa shape index (κ3) is 3.26. The Balaban J connectivity index is 1.64. The van der Waals surface area contributed by atoms with Gasteiger partial charge < -0.3 is 15.8 Å². The van der Waals surface area contributed by atoms with E-state index in [1.807, 2.05) is 37.0 Å². The SMILES string of the molecule is Cc1c(CNc2ccc(N)c(OCC3CC3)n2)cnn1C. The molecular weight excluding hydrogens is 266 g/mol. The molecule has 0 unspecified atom stereocenters. The molecule has 1 fully saturated rings. The smallest absolute Gasteiger partial charge is 0.239 e. The van der Waals surface area contributed by atoms with Crippen molar-refractivity contribution < 1.29 is 4.74 Å². The molecule has 2 aromatic rings. The molecule has 1 aliphatic rings. The summed E-state index contributed by atoms with van der Waals surface area (Å²) in [6.45, 7) is 3.44. The molecule has 2 aromatic heterocycles. The summed E-state index contributed by atoms with van der Waals surface area (Å²) >= 11 is 0. The molecule has 3 rings (SSSR count). The lowest BCUT2D eigenvalue weighted by atomic mass is 10.2. The Kier molecular flexibility index (Phi) is 3.68. The van der Waals surface area contributed by atoms with Gasteiger partial charge in [-0.1, -0.05) is 0 Å². The van der Waals surface area contributed by atoms with E-state index < -0.39 is 0 Å². The molecule has 0 aliphatic heterocycles. The number of ether oxygens (including phenoxy) is 1. The summed E-state index contributed by atoms with van der Waals surface area (Å²) in [5, 5.41) is 7.51. The van der Waals surface area contributed by atoms with Crippen LogP contribution in [0.4, 0.5) is 11.5 Å². The van der Waals surface area contributed by atoms with Crippen LogP contribution in [0.15, 0.2) is 18.3 Å². The Hall–Kier alpha value is -2.24. The number of anilines is 2. The van der Waals surface area contributed by atoms with Gasteiger partial charge in [0.05, 0.1) is 18.5 Å². The minimum atomic E-state index is 0.523. The quantitative estimate of drug-likeness (QED) is 0.850. The highest BCUT2D eigenvalue weighted by atomic mass is 16.5. The first-order valence-corrected chi connectivity index (χ1v) is 7.24. The van der Waals surface area contributed by atoms with E-state index in [2.05, 4.69) is 15.4 Å². The predicted octanol–water partition coefficient (Wildman–Crippen LogP) is 2.11. The van der Waals surface area contributed by atoms with Crippen molar-refractivity contribution in [1.29, 1.82) is 0 Å². The number of hydrogen-bond donors (Lipinski definition) is 2. The van der Waals surface area contributed by atoms with Crippen molar-refractivity contribution in [2.24, 2.45) is 13.0 Å². The van der Waals surface area contributed by atoms with E-state index in [1.54, 1.807) is 0 Å². The van der Waals surface area contributed by atoms with Gasteiger partial charge in [0, 0.05) is 24.8 Å². The van der Waals surface area contributed by atoms with Crippen LogP contribution in [0, 0.1) is 12.8 Å². The van der Waals surface area contributed by atoms with Crippen molar-refractivity contribution in [3.05, 3.63) is 29.6 Å². The maximum absolute atomic E-state index is 5.90. The maximum atomic E-state index is 5.90. The van der Waals surface area contributed by atoms with Crippen molar-refractivity contribution in [1.82, 2.24) is 14.8 Å². The summed E-state index contributed by atoms with van der Waals surface area (Å²) in [6.07, 6.45) is 4.36. The maximum Gasteiger partial charge on any atom is 0.239 e. The van der Waals surface area contributed by atoms with Crippen LogP contribution in [-0.2, 0) is 13.6 Å². The molecule has 1 saturated carbocycles. The second-order valence-electron chi connectivity index (χ2n) is 5.58. The van der Waals surface area contributed by atoms with E-state index in [9.17, 15) is 0 Å². The van der Waals surface area contributed by atoms with Crippen molar-refractivity contribution >= 4 is 11.5 Å². The molecule has 21 heavy (non-hydrogen) atoms. The lowest BCUT2D eigenvalue weighted by Crippen LogP contribution is -2.07. The van der Waals surface area contributed by atoms with Crippen molar-refractivity contribution in [2.75, 3.05) is 17.7 Å². The van der Waals surface area contributed by atoms with Crippen LogP contribution in [0.3, 0.4) is 0 Å². The molecule has 0 saturated heterocycles. The average molecular weight is 287 g/mol. The second-order valence-corrected chi connectivity index (χ2v) is 5.58. The number of aryl methyl sites for hydroxylation is 1. The molecule has 2 heterocycles. The monoisotopic (exact) mass is 287 g/mol. The molecule has 3 N–H and O–H groups in total. The number of nitrogen functional groups attached to an aromatic ring is 1. The molecule has 0 amide bonds. The highest BCUT2D eigenvalue weighted by Gasteiger charge is 2.22. The number of rotatable bonds is 6. The molecule has 0 atom stereocenters. The van der Waals surface area contributed by atoms with Crippen molar-refractivity contribution in [3.63, 3.8) is 0 Å². The van der Waals surface area contributed by atoms with Crippen LogP contribution in [0.25, 0.3) is 0 Å². The van der Waals surface area contributed by atoms with Gasteiger partial charge in [0.1, 0.15) is 5.82 Å². The number of pyridine rings is 1. The molecule has 112 valence electrons. The standard InChI is InChI=1S/C15H21N5O/c1-10-12(8-18-20(10)2)7-17-14-6-5-13(16)15(19-14)21-9-11-3-4-11/h5-6,8,11H,3-4,7,9,16H2,1-2H3,(H,17,19). The molecular formula is C15H21N5O. The summed E-state index contributed by atoms with van der Waals surface area (Å²) in [7, 11) is 1.93. The second kappa shape index (κ2) is 5.63. The third-order valence-corrected chi connectivity index (χ3v) is 3.84. The van der Waals surface area contributed by atoms with Crippen LogP contribution in [-0.4, -0.2) is 21.4 Å². The lowest BCUT2D eigenvalue weighted by Gasteiger charge is -2.10. The summed E-state index contributed by atoms with van der Waals surface area (Å²) in [5.41, 5.74) is 8.78. The van der Waals surface area contributed by atoms with E-state index >= 15 is 0 Å². The highest BCUT2D eigenvalue weighted by molar-refractivity contribution is 5.53. The van der Waals surface area contributed by atoms with Crippen LogP contribution in [0.1, 0.15) is 24.1 Å². The molecule has 0 bridgehead atoms. The summed E-state index contributed by atoms with van der Waals surface area (Å²) in [6, 6.07) is 3.69. The summed E-state index contributed by atoms with van der Waals surface area (Å²) in [4.78, 5) is 4.44. The first-order chi connectivity index (χ1) is 10.1. The van der Waals surface area contributed by atoms with Crippen LogP contribution < -0.4 is 15.8 Å². The van der Waals surface area contributed by atoms with E-state index in [-0.39, 0.29) is 0 Å². The Morgan fingerprint density at radius 1 is 1.43 bits per heavy atom. The van der Waals surface area contributed by atoms with E-state index in [1.165, 1.54) is 12.8 Å². The molecule has 6 nitrogen and oxygen atoms in total. The number of nitrogens with zero attached hydrogens (tertiary/aromatic N) is 3. The van der Waals surface area contributed by atoms with Crippen LogP contribution >= 0.6 is 0 Å². The Morgan fingerprint density at radius 3 is 2.90 bits per heavy atom. The van der Waals surface area contributed by atoms with Gasteiger partial charge in [0.15, 0.2) is 0 Å². The molecule has 0 aromatic carbocycles. The largest absolute Gasteiger partial charge is 0.476 e. The molecule has 1 aliphatic carbocycles. The Labute approximate surface area is 124 Å². The third-order valence-electron chi connectivity index (χ3n) is 3.84. The van der Waals surface area contributed by atoms with E-state index in [0.29, 0.717) is 30.6 Å². The first-order valence-electron chi connectivity index (χ1n) is 7.24. The number of nitrogens with two attached hydrogens (primary N) is 1. The fourth-order valence-corrected chi connectivity index (χ4v) is 2.05. The van der Waals surface area contributed by atoms with Gasteiger partial charge in [-0.15, -0.1) is 0 Å². The predicted molar refractivity (Wildman–Crippen MR) is 82.1 cm³/mol. The molecule has 6 heteroatoms. The number of aromatic nitrogens is 3. The van der Waals surface area contributed by atoms with Gasteiger partial charge in [-0.3, -0.25) is 4.68 Å². The average Bonchev–Trinajstić information content (AvgIpc) is 3.25. The topological polar surface area (TPSA) is 78.0 Å². The van der Waals surface area contributed by atoms with Gasteiger partial charge in [-0.05, 0) is 37.8 Å². The van der Waals surface area contributed by atoms with Gasteiger partial charge in [-0.25, -0.2) is 0 Å². The highest BCUT2D eigenvalue weighted by Crippen LogP contribution is 2.30. The fourth-order valence-electron chi connectivity index (χ4n) is 2.05. The minimum absolute atomic E-state index is 0.523. The zero-order valence-electron chi connectivity index (χ0n) is 12.5. The number of hydrogen-bond acceptors (Lipinski definition) is 5. The van der Waals surface area contributed by atoms with Gasteiger partial charge in [0.25, 0.3) is 0 Å². The zero-order chi connectivity index (χ0) is 14.8. The normalized spacial score (nSPS) is 14.2. The van der Waals surface area contributed by atoms with E-state index in [0.717, 1.165) is 17.1 Å². The van der Waals surface area contributed by atoms with Gasteiger partial charge in [0.2, 0.25) is 5.88 Å². The minimum Gasteiger partial charge on any atom is -0.476 e. The fraction of sp³-hybridized carbons (Fsp3) is 0.467. The zero-order valence-corrected chi connectivity index (χ0v) is 12.5. The lowest BCUT2D eigenvalue weighted by molar-refractivity contribution is 0.290.